The van der Waals surface area contributed by atoms with Crippen LogP contribution >= 0.6 is 0 Å². The SMILES string of the molecule is C[C@@H]1C[C@@H]2O[C@@H]3[C@@H](C)[C@H](O)[C@@H]4O[C@]5(C[C@H](O)CO5)[C@@H](C)[C@H](C)[C@H]4O[C@H]3C[C@H]2O[C@H]2C[C@H]3OC(CC(=O)O)OC[C@]3(C)O[C@@H]2C1. The highest BCUT2D eigenvalue weighted by atomic mass is 16.7. The highest BCUT2D eigenvalue weighted by Crippen LogP contribution is 2.51. The Balaban J connectivity index is 1.10. The number of hydrogen-bond donors (Lipinski definition) is 3. The maximum Gasteiger partial charge on any atom is 0.308 e. The Morgan fingerprint density at radius 2 is 1.50 bits per heavy atom. The molecule has 0 aromatic carbocycles. The molecule has 0 aliphatic carbocycles. The number of ether oxygens (including phenoxy) is 8. The second-order valence-electron chi connectivity index (χ2n) is 15.0. The summed E-state index contributed by atoms with van der Waals surface area (Å²) in [5.41, 5.74) is -0.679. The zero-order chi connectivity index (χ0) is 31.1. The molecule has 0 bridgehead atoms. The second kappa shape index (κ2) is 11.6. The van der Waals surface area contributed by atoms with Crippen LogP contribution in [-0.2, 0) is 42.7 Å². The zero-order valence-electron chi connectivity index (χ0n) is 26.4. The highest BCUT2D eigenvalue weighted by molar-refractivity contribution is 5.67. The van der Waals surface area contributed by atoms with E-state index in [4.69, 9.17) is 37.9 Å². The van der Waals surface area contributed by atoms with E-state index in [9.17, 15) is 20.1 Å². The van der Waals surface area contributed by atoms with Gasteiger partial charge in [0.15, 0.2) is 12.1 Å². The number of aliphatic hydroxyl groups excluding tert-OH is 2. The van der Waals surface area contributed by atoms with E-state index in [2.05, 4.69) is 20.8 Å². The van der Waals surface area contributed by atoms with Crippen LogP contribution in [0.2, 0.25) is 0 Å². The number of fused-ring (bicyclic) bond motifs is 5. The van der Waals surface area contributed by atoms with E-state index in [0.29, 0.717) is 25.2 Å². The van der Waals surface area contributed by atoms with E-state index in [-0.39, 0.29) is 86.2 Å². The van der Waals surface area contributed by atoms with Gasteiger partial charge in [0.25, 0.3) is 0 Å². The fraction of sp³-hybridized carbons (Fsp3) is 0.969. The first-order valence-corrected chi connectivity index (χ1v) is 16.7. The lowest BCUT2D eigenvalue weighted by Gasteiger charge is -2.54. The summed E-state index contributed by atoms with van der Waals surface area (Å²) in [6, 6.07) is 0. The molecule has 250 valence electrons. The van der Waals surface area contributed by atoms with Crippen LogP contribution in [0.4, 0.5) is 0 Å². The quantitative estimate of drug-likeness (QED) is 0.411. The molecule has 0 saturated carbocycles. The summed E-state index contributed by atoms with van der Waals surface area (Å²) in [6.45, 7) is 10.9. The number of hydrogen-bond acceptors (Lipinski definition) is 11. The summed E-state index contributed by atoms with van der Waals surface area (Å²) in [4.78, 5) is 11.3. The third-order valence-electron chi connectivity index (χ3n) is 11.8. The van der Waals surface area contributed by atoms with Crippen LogP contribution in [0, 0.1) is 23.7 Å². The number of carboxylic acid groups (broad SMARTS) is 1. The average Bonchev–Trinajstić information content (AvgIpc) is 3.30. The second-order valence-corrected chi connectivity index (χ2v) is 15.0. The molecule has 7 aliphatic heterocycles. The lowest BCUT2D eigenvalue weighted by molar-refractivity contribution is -0.349. The molecule has 44 heavy (non-hydrogen) atoms. The van der Waals surface area contributed by atoms with Gasteiger partial charge in [-0.15, -0.1) is 0 Å². The van der Waals surface area contributed by atoms with Gasteiger partial charge in [0.05, 0.1) is 80.7 Å². The van der Waals surface area contributed by atoms with E-state index in [1.165, 1.54) is 0 Å². The van der Waals surface area contributed by atoms with Crippen molar-refractivity contribution in [2.75, 3.05) is 13.2 Å². The molecular weight excluding hydrogens is 576 g/mol. The third kappa shape index (κ3) is 5.44. The lowest BCUT2D eigenvalue weighted by Crippen LogP contribution is -2.64. The van der Waals surface area contributed by atoms with E-state index in [0.717, 1.165) is 12.8 Å². The standard InChI is InChI=1S/C32H50O12/c1-14-6-19-20(39-21-9-24-31(5,43-22(21)7-14)13-37-26(42-24)10-25(34)35)8-23-28(40-19)16(3)27(36)30-29(41-23)15(2)17(4)32(44-30)11-18(33)12-38-32/h14-24,26-30,33,36H,6-13H2,1-5H3,(H,34,35)/t14-,15+,16+,17+,18+,19+,20-,21+,22-,23+,24-,26?,27+,28-,29-,30+,31+,32-/m1/s1. The van der Waals surface area contributed by atoms with Crippen molar-refractivity contribution >= 4 is 5.97 Å². The molecule has 7 aliphatic rings. The van der Waals surface area contributed by atoms with Crippen LogP contribution in [0.15, 0.2) is 0 Å². The Kier molecular flexibility index (Phi) is 8.38. The Hall–Kier alpha value is -0.930. The van der Waals surface area contributed by atoms with E-state index < -0.39 is 42.0 Å². The number of rotatable bonds is 2. The minimum Gasteiger partial charge on any atom is -0.481 e. The van der Waals surface area contributed by atoms with Gasteiger partial charge in [0.2, 0.25) is 0 Å². The minimum atomic E-state index is -0.971. The first-order valence-electron chi connectivity index (χ1n) is 16.7. The topological polar surface area (TPSA) is 152 Å². The molecular formula is C32H50O12. The maximum absolute atomic E-state index is 11.7. The van der Waals surface area contributed by atoms with Crippen molar-refractivity contribution in [1.29, 1.82) is 0 Å². The zero-order valence-corrected chi connectivity index (χ0v) is 26.4. The number of aliphatic carboxylic acids is 1. The molecule has 0 radical (unpaired) electrons. The van der Waals surface area contributed by atoms with Crippen LogP contribution in [0.3, 0.4) is 0 Å². The Bertz CT molecular complexity index is 1080. The first-order chi connectivity index (χ1) is 20.9. The molecule has 1 spiro atoms. The van der Waals surface area contributed by atoms with Crippen molar-refractivity contribution in [1.82, 2.24) is 0 Å². The van der Waals surface area contributed by atoms with Crippen molar-refractivity contribution in [3.63, 3.8) is 0 Å². The van der Waals surface area contributed by atoms with Crippen LogP contribution in [0.5, 0.6) is 0 Å². The fourth-order valence-corrected chi connectivity index (χ4v) is 9.09. The molecule has 12 nitrogen and oxygen atoms in total. The monoisotopic (exact) mass is 626 g/mol. The van der Waals surface area contributed by atoms with Gasteiger partial charge in [-0.05, 0) is 31.6 Å². The van der Waals surface area contributed by atoms with Gasteiger partial charge in [0.1, 0.15) is 11.7 Å². The number of carbonyl (C=O) groups is 1. The Morgan fingerprint density at radius 1 is 0.795 bits per heavy atom. The molecule has 7 fully saturated rings. The van der Waals surface area contributed by atoms with Gasteiger partial charge >= 0.3 is 5.97 Å². The summed E-state index contributed by atoms with van der Waals surface area (Å²) >= 11 is 0. The molecule has 0 amide bonds. The van der Waals surface area contributed by atoms with Gasteiger partial charge in [-0.2, -0.15) is 0 Å². The van der Waals surface area contributed by atoms with Crippen molar-refractivity contribution in [3.05, 3.63) is 0 Å². The average molecular weight is 627 g/mol. The predicted molar refractivity (Wildman–Crippen MR) is 151 cm³/mol. The summed E-state index contributed by atoms with van der Waals surface area (Å²) in [5, 5.41) is 31.3. The molecule has 7 heterocycles. The van der Waals surface area contributed by atoms with Gasteiger partial charge in [-0.25, -0.2) is 0 Å². The summed E-state index contributed by atoms with van der Waals surface area (Å²) < 4.78 is 51.7. The molecule has 0 aromatic rings. The van der Waals surface area contributed by atoms with Crippen LogP contribution in [0.1, 0.15) is 73.1 Å². The molecule has 3 N–H and O–H groups in total. The smallest absolute Gasteiger partial charge is 0.308 e. The van der Waals surface area contributed by atoms with Crippen molar-refractivity contribution in [2.24, 2.45) is 23.7 Å². The van der Waals surface area contributed by atoms with E-state index in [1.54, 1.807) is 0 Å². The Labute approximate surface area is 258 Å². The largest absolute Gasteiger partial charge is 0.481 e. The fourth-order valence-electron chi connectivity index (χ4n) is 9.09. The van der Waals surface area contributed by atoms with Gasteiger partial charge in [0, 0.05) is 31.1 Å². The van der Waals surface area contributed by atoms with Gasteiger partial charge < -0.3 is 53.2 Å². The van der Waals surface area contributed by atoms with Gasteiger partial charge in [-0.1, -0.05) is 27.7 Å². The third-order valence-corrected chi connectivity index (χ3v) is 11.8. The van der Waals surface area contributed by atoms with Gasteiger partial charge in [-0.3, -0.25) is 4.79 Å². The van der Waals surface area contributed by atoms with E-state index >= 15 is 0 Å². The first kappa shape index (κ1) is 31.7. The number of carboxylic acids is 1. The molecule has 7 rings (SSSR count). The summed E-state index contributed by atoms with van der Waals surface area (Å²) in [5.74, 6) is -1.91. The molecule has 1 unspecified atom stereocenters. The lowest BCUT2D eigenvalue weighted by atomic mass is 9.75. The van der Waals surface area contributed by atoms with Crippen molar-refractivity contribution < 1.29 is 58.0 Å². The molecule has 0 aromatic heterocycles. The predicted octanol–water partition coefficient (Wildman–Crippen LogP) is 2.00. The molecule has 7 saturated heterocycles. The van der Waals surface area contributed by atoms with E-state index in [1.807, 2.05) is 13.8 Å². The van der Waals surface area contributed by atoms with Crippen LogP contribution in [0.25, 0.3) is 0 Å². The highest BCUT2D eigenvalue weighted by Gasteiger charge is 2.61. The molecule has 12 heteroatoms. The molecule has 18 atom stereocenters. The normalized spacial score (nSPS) is 57.4. The summed E-state index contributed by atoms with van der Waals surface area (Å²) in [7, 11) is 0. The Morgan fingerprint density at radius 3 is 2.23 bits per heavy atom. The number of aliphatic hydroxyl groups is 2. The maximum atomic E-state index is 11.7. The van der Waals surface area contributed by atoms with Crippen molar-refractivity contribution in [3.8, 4) is 0 Å². The van der Waals surface area contributed by atoms with Crippen LogP contribution in [-0.4, -0.2) is 119 Å². The van der Waals surface area contributed by atoms with Crippen molar-refractivity contribution in [2.45, 2.75) is 158 Å². The summed E-state index contributed by atoms with van der Waals surface area (Å²) in [6.07, 6.45) is -2.12. The van der Waals surface area contributed by atoms with Crippen LogP contribution < -0.4 is 0 Å². The minimum absolute atomic E-state index is 0.00821.